The molecule has 0 aromatic heterocycles. The minimum atomic E-state index is 0.0756. The van der Waals surface area contributed by atoms with Crippen LogP contribution in [0, 0.1) is 0 Å². The molecular formula is C14H17ClO2S. The molecule has 0 aliphatic carbocycles. The maximum atomic E-state index is 6.05. The Kier molecular flexibility index (Phi) is 3.73. The summed E-state index contributed by atoms with van der Waals surface area (Å²) in [5.41, 5.74) is 0.0756. The van der Waals surface area contributed by atoms with Crippen molar-refractivity contribution < 1.29 is 9.47 Å². The van der Waals surface area contributed by atoms with E-state index in [1.165, 1.54) is 5.75 Å². The van der Waals surface area contributed by atoms with Crippen LogP contribution in [0.15, 0.2) is 24.3 Å². The molecule has 2 saturated heterocycles. The van der Waals surface area contributed by atoms with E-state index in [0.717, 1.165) is 42.4 Å². The summed E-state index contributed by atoms with van der Waals surface area (Å²) >= 11 is 7.96. The molecule has 0 N–H and O–H groups in total. The monoisotopic (exact) mass is 284 g/mol. The molecule has 2 atom stereocenters. The molecule has 0 radical (unpaired) electrons. The largest absolute Gasteiger partial charge is 0.490 e. The first-order chi connectivity index (χ1) is 8.76. The minimum absolute atomic E-state index is 0.0756. The second-order valence-corrected chi connectivity index (χ2v) is 6.57. The van der Waals surface area contributed by atoms with Crippen molar-refractivity contribution in [1.82, 2.24) is 0 Å². The van der Waals surface area contributed by atoms with Gasteiger partial charge in [-0.25, -0.2) is 0 Å². The van der Waals surface area contributed by atoms with Crippen LogP contribution < -0.4 is 4.74 Å². The quantitative estimate of drug-likeness (QED) is 0.824. The molecule has 98 valence electrons. The predicted octanol–water partition coefficient (Wildman–Crippen LogP) is 3.77. The Morgan fingerprint density at radius 3 is 3.17 bits per heavy atom. The summed E-state index contributed by atoms with van der Waals surface area (Å²) in [4.78, 5) is 0. The van der Waals surface area contributed by atoms with Crippen LogP contribution in [0.2, 0.25) is 5.02 Å². The lowest BCUT2D eigenvalue weighted by Crippen LogP contribution is -2.43. The van der Waals surface area contributed by atoms with Gasteiger partial charge < -0.3 is 9.47 Å². The lowest BCUT2D eigenvalue weighted by Gasteiger charge is -2.37. The van der Waals surface area contributed by atoms with Crippen LogP contribution in [-0.4, -0.2) is 29.8 Å². The van der Waals surface area contributed by atoms with Crippen LogP contribution in [0.1, 0.15) is 19.3 Å². The first kappa shape index (κ1) is 12.6. The maximum Gasteiger partial charge on any atom is 0.121 e. The van der Waals surface area contributed by atoms with E-state index in [-0.39, 0.29) is 11.7 Å². The van der Waals surface area contributed by atoms with Gasteiger partial charge in [-0.2, -0.15) is 11.8 Å². The van der Waals surface area contributed by atoms with E-state index in [0.29, 0.717) is 0 Å². The van der Waals surface area contributed by atoms with Gasteiger partial charge in [0.25, 0.3) is 0 Å². The zero-order valence-electron chi connectivity index (χ0n) is 10.2. The number of benzene rings is 1. The highest BCUT2D eigenvalue weighted by molar-refractivity contribution is 7.99. The first-order valence-electron chi connectivity index (χ1n) is 6.40. The summed E-state index contributed by atoms with van der Waals surface area (Å²) in [6.07, 6.45) is 3.40. The van der Waals surface area contributed by atoms with Crippen LogP contribution in [0.3, 0.4) is 0 Å². The van der Waals surface area contributed by atoms with Crippen molar-refractivity contribution in [3.63, 3.8) is 0 Å². The van der Waals surface area contributed by atoms with E-state index in [1.54, 1.807) is 0 Å². The SMILES string of the molecule is Clc1cccc(OC2CCOC3(CCSC3)C2)c1. The molecule has 1 aromatic carbocycles. The number of thioether (sulfide) groups is 1. The van der Waals surface area contributed by atoms with Crippen LogP contribution >= 0.6 is 23.4 Å². The van der Waals surface area contributed by atoms with E-state index >= 15 is 0 Å². The number of hydrogen-bond acceptors (Lipinski definition) is 3. The smallest absolute Gasteiger partial charge is 0.121 e. The highest BCUT2D eigenvalue weighted by Gasteiger charge is 2.41. The first-order valence-corrected chi connectivity index (χ1v) is 7.93. The van der Waals surface area contributed by atoms with Crippen molar-refractivity contribution in [1.29, 1.82) is 0 Å². The summed E-state index contributed by atoms with van der Waals surface area (Å²) < 4.78 is 12.0. The minimum Gasteiger partial charge on any atom is -0.490 e. The number of rotatable bonds is 2. The molecular weight excluding hydrogens is 268 g/mol. The average Bonchev–Trinajstić information content (AvgIpc) is 2.77. The fraction of sp³-hybridized carbons (Fsp3) is 0.571. The lowest BCUT2D eigenvalue weighted by molar-refractivity contribution is -0.0958. The van der Waals surface area contributed by atoms with E-state index in [4.69, 9.17) is 21.1 Å². The van der Waals surface area contributed by atoms with Crippen molar-refractivity contribution >= 4 is 23.4 Å². The summed E-state index contributed by atoms with van der Waals surface area (Å²) in [6.45, 7) is 0.811. The normalized spacial score (nSPS) is 31.7. The third-order valence-corrected chi connectivity index (χ3v) is 5.07. The standard InChI is InChI=1S/C14H17ClO2S/c15-11-2-1-3-12(8-11)17-13-4-6-16-14(9-13)5-7-18-10-14/h1-3,8,13H,4-7,9-10H2. The molecule has 1 aromatic rings. The molecule has 1 spiro atoms. The fourth-order valence-corrected chi connectivity index (χ4v) is 4.24. The van der Waals surface area contributed by atoms with Gasteiger partial charge in [-0.3, -0.25) is 0 Å². The van der Waals surface area contributed by atoms with Gasteiger partial charge in [-0.05, 0) is 30.4 Å². The Balaban J connectivity index is 1.66. The molecule has 2 heterocycles. The zero-order chi connectivity index (χ0) is 12.4. The highest BCUT2D eigenvalue weighted by Crippen LogP contribution is 2.39. The number of ether oxygens (including phenoxy) is 2. The Labute approximate surface area is 117 Å². The molecule has 0 bridgehead atoms. The van der Waals surface area contributed by atoms with E-state index in [2.05, 4.69) is 0 Å². The van der Waals surface area contributed by atoms with E-state index in [9.17, 15) is 0 Å². The van der Waals surface area contributed by atoms with Gasteiger partial charge in [0.2, 0.25) is 0 Å². The van der Waals surface area contributed by atoms with Crippen molar-refractivity contribution in [3.05, 3.63) is 29.3 Å². The van der Waals surface area contributed by atoms with Gasteiger partial charge in [-0.15, -0.1) is 0 Å². The third kappa shape index (κ3) is 2.79. The molecule has 2 aliphatic rings. The second kappa shape index (κ2) is 5.32. The predicted molar refractivity (Wildman–Crippen MR) is 75.7 cm³/mol. The topological polar surface area (TPSA) is 18.5 Å². The van der Waals surface area contributed by atoms with Gasteiger partial charge in [0, 0.05) is 23.6 Å². The van der Waals surface area contributed by atoms with Crippen LogP contribution in [0.4, 0.5) is 0 Å². The molecule has 2 unspecified atom stereocenters. The van der Waals surface area contributed by atoms with Gasteiger partial charge >= 0.3 is 0 Å². The van der Waals surface area contributed by atoms with E-state index in [1.807, 2.05) is 36.0 Å². The molecule has 2 aliphatic heterocycles. The van der Waals surface area contributed by atoms with E-state index < -0.39 is 0 Å². The van der Waals surface area contributed by atoms with Gasteiger partial charge in [0.05, 0.1) is 12.2 Å². The Morgan fingerprint density at radius 1 is 1.44 bits per heavy atom. The van der Waals surface area contributed by atoms with Gasteiger partial charge in [0.15, 0.2) is 0 Å². The third-order valence-electron chi connectivity index (χ3n) is 3.61. The van der Waals surface area contributed by atoms with Crippen molar-refractivity contribution in [2.24, 2.45) is 0 Å². The molecule has 0 amide bonds. The zero-order valence-corrected chi connectivity index (χ0v) is 11.8. The van der Waals surface area contributed by atoms with Gasteiger partial charge in [-0.1, -0.05) is 17.7 Å². The summed E-state index contributed by atoms with van der Waals surface area (Å²) in [5.74, 6) is 3.20. The van der Waals surface area contributed by atoms with Crippen molar-refractivity contribution in [2.75, 3.05) is 18.1 Å². The average molecular weight is 285 g/mol. The van der Waals surface area contributed by atoms with Crippen LogP contribution in [0.5, 0.6) is 5.75 Å². The maximum absolute atomic E-state index is 6.05. The molecule has 4 heteroatoms. The Bertz CT molecular complexity index is 418. The van der Waals surface area contributed by atoms with Crippen LogP contribution in [-0.2, 0) is 4.74 Å². The number of hydrogen-bond donors (Lipinski definition) is 0. The van der Waals surface area contributed by atoms with Crippen LogP contribution in [0.25, 0.3) is 0 Å². The van der Waals surface area contributed by atoms with Crippen molar-refractivity contribution in [2.45, 2.75) is 31.0 Å². The summed E-state index contributed by atoms with van der Waals surface area (Å²) in [5, 5.41) is 0.727. The van der Waals surface area contributed by atoms with Crippen molar-refractivity contribution in [3.8, 4) is 5.75 Å². The van der Waals surface area contributed by atoms with Gasteiger partial charge in [0.1, 0.15) is 11.9 Å². The highest BCUT2D eigenvalue weighted by atomic mass is 35.5. The molecule has 3 rings (SSSR count). The lowest BCUT2D eigenvalue weighted by atomic mass is 9.91. The summed E-state index contributed by atoms with van der Waals surface area (Å²) in [7, 11) is 0. The Hall–Kier alpha value is -0.380. The molecule has 2 nitrogen and oxygen atoms in total. The molecule has 18 heavy (non-hydrogen) atoms. The molecule has 2 fully saturated rings. The molecule has 0 saturated carbocycles. The second-order valence-electron chi connectivity index (χ2n) is 5.02. The number of halogens is 1. The summed E-state index contributed by atoms with van der Waals surface area (Å²) in [6, 6.07) is 7.65. The Morgan fingerprint density at radius 2 is 2.39 bits per heavy atom. The fourth-order valence-electron chi connectivity index (χ4n) is 2.68.